The van der Waals surface area contributed by atoms with Gasteiger partial charge in [0.25, 0.3) is 0 Å². The van der Waals surface area contributed by atoms with Gasteiger partial charge in [0.1, 0.15) is 0 Å². The second kappa shape index (κ2) is 7.01. The van der Waals surface area contributed by atoms with Crippen molar-refractivity contribution in [3.63, 3.8) is 0 Å². The Balaban J connectivity index is 2.17. The van der Waals surface area contributed by atoms with E-state index >= 15 is 0 Å². The number of methoxy groups -OCH3 is 1. The van der Waals surface area contributed by atoms with Crippen molar-refractivity contribution in [1.82, 2.24) is 5.32 Å². The van der Waals surface area contributed by atoms with Gasteiger partial charge in [-0.05, 0) is 18.1 Å². The molecule has 3 heteroatoms. The van der Waals surface area contributed by atoms with Crippen molar-refractivity contribution in [2.75, 3.05) is 20.3 Å². The van der Waals surface area contributed by atoms with Gasteiger partial charge in [0.15, 0.2) is 0 Å². The number of ether oxygens (including phenoxy) is 1. The summed E-state index contributed by atoms with van der Waals surface area (Å²) in [6.07, 6.45) is 1.28. The number of amides is 1. The van der Waals surface area contributed by atoms with Crippen LogP contribution in [-0.2, 0) is 16.0 Å². The van der Waals surface area contributed by atoms with Crippen LogP contribution >= 0.6 is 0 Å². The van der Waals surface area contributed by atoms with Crippen LogP contribution in [0.3, 0.4) is 0 Å². The van der Waals surface area contributed by atoms with Crippen LogP contribution in [0.4, 0.5) is 0 Å². The summed E-state index contributed by atoms with van der Waals surface area (Å²) < 4.78 is 4.84. The second-order valence-corrected chi connectivity index (χ2v) is 3.25. The van der Waals surface area contributed by atoms with Crippen LogP contribution < -0.4 is 5.32 Å². The SMILES string of the molecule is COCCNC(=O)CCc1c[c]ccc1. The minimum Gasteiger partial charge on any atom is -0.383 e. The highest BCUT2D eigenvalue weighted by molar-refractivity contribution is 5.76. The van der Waals surface area contributed by atoms with Crippen molar-refractivity contribution in [2.45, 2.75) is 12.8 Å². The van der Waals surface area contributed by atoms with Gasteiger partial charge in [-0.25, -0.2) is 0 Å². The Hall–Kier alpha value is -1.35. The normalized spacial score (nSPS) is 9.93. The Morgan fingerprint density at radius 2 is 2.47 bits per heavy atom. The van der Waals surface area contributed by atoms with Gasteiger partial charge in [0, 0.05) is 20.1 Å². The summed E-state index contributed by atoms with van der Waals surface area (Å²) >= 11 is 0. The lowest BCUT2D eigenvalue weighted by Gasteiger charge is -2.04. The second-order valence-electron chi connectivity index (χ2n) is 3.25. The topological polar surface area (TPSA) is 38.3 Å². The van der Waals surface area contributed by atoms with Gasteiger partial charge in [0.2, 0.25) is 5.91 Å². The van der Waals surface area contributed by atoms with Crippen LogP contribution in [-0.4, -0.2) is 26.2 Å². The number of hydrogen-bond donors (Lipinski definition) is 1. The van der Waals surface area contributed by atoms with E-state index in [1.807, 2.05) is 24.3 Å². The first-order chi connectivity index (χ1) is 7.33. The molecule has 0 aliphatic heterocycles. The average Bonchev–Trinajstić information content (AvgIpc) is 2.28. The van der Waals surface area contributed by atoms with Gasteiger partial charge in [-0.15, -0.1) is 0 Å². The van der Waals surface area contributed by atoms with Gasteiger partial charge < -0.3 is 10.1 Å². The fourth-order valence-electron chi connectivity index (χ4n) is 1.22. The summed E-state index contributed by atoms with van der Waals surface area (Å²) in [4.78, 5) is 11.3. The quantitative estimate of drug-likeness (QED) is 0.710. The Bertz CT molecular complexity index is 285. The Morgan fingerprint density at radius 1 is 1.60 bits per heavy atom. The fourth-order valence-corrected chi connectivity index (χ4v) is 1.22. The summed E-state index contributed by atoms with van der Waals surface area (Å²) in [7, 11) is 1.62. The third-order valence-electron chi connectivity index (χ3n) is 2.04. The van der Waals surface area contributed by atoms with E-state index in [0.29, 0.717) is 19.6 Å². The zero-order valence-electron chi connectivity index (χ0n) is 8.95. The number of nitrogens with one attached hydrogen (secondary N) is 1. The van der Waals surface area contributed by atoms with Crippen LogP contribution in [0, 0.1) is 6.07 Å². The predicted molar refractivity (Wildman–Crippen MR) is 58.5 cm³/mol. The summed E-state index contributed by atoms with van der Waals surface area (Å²) in [6.45, 7) is 1.14. The predicted octanol–water partition coefficient (Wildman–Crippen LogP) is 1.18. The molecule has 0 aromatic heterocycles. The van der Waals surface area contributed by atoms with E-state index in [1.165, 1.54) is 0 Å². The van der Waals surface area contributed by atoms with Gasteiger partial charge >= 0.3 is 0 Å². The van der Waals surface area contributed by atoms with E-state index in [2.05, 4.69) is 11.4 Å². The molecule has 1 amide bonds. The first kappa shape index (κ1) is 11.7. The molecule has 0 bridgehead atoms. The lowest BCUT2D eigenvalue weighted by atomic mass is 10.1. The molecule has 1 N–H and O–H groups in total. The molecule has 0 saturated carbocycles. The van der Waals surface area contributed by atoms with Crippen molar-refractivity contribution in [3.05, 3.63) is 35.9 Å². The molecule has 0 heterocycles. The van der Waals surface area contributed by atoms with Crippen molar-refractivity contribution in [3.8, 4) is 0 Å². The number of carbonyl (C=O) groups is 1. The molecular formula is C12H16NO2. The highest BCUT2D eigenvalue weighted by Gasteiger charge is 2.00. The van der Waals surface area contributed by atoms with E-state index < -0.39 is 0 Å². The van der Waals surface area contributed by atoms with Gasteiger partial charge in [-0.2, -0.15) is 0 Å². The first-order valence-corrected chi connectivity index (χ1v) is 5.03. The molecule has 1 radical (unpaired) electrons. The van der Waals surface area contributed by atoms with Gasteiger partial charge in [-0.3, -0.25) is 4.79 Å². The minimum atomic E-state index is 0.0657. The largest absolute Gasteiger partial charge is 0.383 e. The Morgan fingerprint density at radius 3 is 3.13 bits per heavy atom. The van der Waals surface area contributed by atoms with Crippen LogP contribution in [0.25, 0.3) is 0 Å². The molecule has 0 fully saturated rings. The number of benzene rings is 1. The third-order valence-corrected chi connectivity index (χ3v) is 2.04. The van der Waals surface area contributed by atoms with Gasteiger partial charge in [0.05, 0.1) is 6.61 Å². The smallest absolute Gasteiger partial charge is 0.220 e. The van der Waals surface area contributed by atoms with E-state index in [9.17, 15) is 4.79 Å². The van der Waals surface area contributed by atoms with Crippen LogP contribution in [0.5, 0.6) is 0 Å². The van der Waals surface area contributed by atoms with Crippen molar-refractivity contribution in [2.24, 2.45) is 0 Å². The molecule has 1 rings (SSSR count). The molecule has 15 heavy (non-hydrogen) atoms. The molecule has 0 saturated heterocycles. The zero-order chi connectivity index (χ0) is 10.9. The summed E-state index contributed by atoms with van der Waals surface area (Å²) in [5.74, 6) is 0.0657. The summed E-state index contributed by atoms with van der Waals surface area (Å²) in [5, 5.41) is 2.78. The minimum absolute atomic E-state index is 0.0657. The molecule has 0 atom stereocenters. The third kappa shape index (κ3) is 5.18. The molecule has 0 unspecified atom stereocenters. The molecule has 0 aliphatic carbocycles. The number of carbonyl (C=O) groups excluding carboxylic acids is 1. The first-order valence-electron chi connectivity index (χ1n) is 5.03. The maximum atomic E-state index is 11.3. The van der Waals surface area contributed by atoms with Crippen molar-refractivity contribution < 1.29 is 9.53 Å². The molecule has 1 aromatic rings. The fraction of sp³-hybridized carbons (Fsp3) is 0.417. The maximum absolute atomic E-state index is 11.3. The molecule has 1 aromatic carbocycles. The zero-order valence-corrected chi connectivity index (χ0v) is 8.95. The molecule has 3 nitrogen and oxygen atoms in total. The number of hydrogen-bond acceptors (Lipinski definition) is 2. The molecule has 0 spiro atoms. The van der Waals surface area contributed by atoms with E-state index in [-0.39, 0.29) is 5.91 Å². The lowest BCUT2D eigenvalue weighted by molar-refractivity contribution is -0.121. The summed E-state index contributed by atoms with van der Waals surface area (Å²) in [5.41, 5.74) is 1.14. The molecule has 81 valence electrons. The lowest BCUT2D eigenvalue weighted by Crippen LogP contribution is -2.27. The summed E-state index contributed by atoms with van der Waals surface area (Å²) in [6, 6.07) is 10.7. The maximum Gasteiger partial charge on any atom is 0.220 e. The van der Waals surface area contributed by atoms with Crippen LogP contribution in [0.1, 0.15) is 12.0 Å². The molecule has 0 aliphatic rings. The Kier molecular flexibility index (Phi) is 5.48. The standard InChI is InChI=1S/C12H16NO2/c1-15-10-9-13-12(14)8-7-11-5-3-2-4-6-11/h2-3,5-6H,7-10H2,1H3,(H,13,14). The van der Waals surface area contributed by atoms with E-state index in [0.717, 1.165) is 12.0 Å². The van der Waals surface area contributed by atoms with Crippen LogP contribution in [0.2, 0.25) is 0 Å². The van der Waals surface area contributed by atoms with E-state index in [1.54, 1.807) is 7.11 Å². The van der Waals surface area contributed by atoms with Crippen molar-refractivity contribution >= 4 is 5.91 Å². The van der Waals surface area contributed by atoms with Gasteiger partial charge in [-0.1, -0.05) is 24.3 Å². The Labute approximate surface area is 90.4 Å². The van der Waals surface area contributed by atoms with E-state index in [4.69, 9.17) is 4.74 Å². The monoisotopic (exact) mass is 206 g/mol. The molecular weight excluding hydrogens is 190 g/mol. The highest BCUT2D eigenvalue weighted by Crippen LogP contribution is 2.01. The van der Waals surface area contributed by atoms with Crippen LogP contribution in [0.15, 0.2) is 24.3 Å². The number of rotatable bonds is 6. The number of aryl methyl sites for hydroxylation is 1. The average molecular weight is 206 g/mol. The van der Waals surface area contributed by atoms with Crippen molar-refractivity contribution in [1.29, 1.82) is 0 Å². The highest BCUT2D eigenvalue weighted by atomic mass is 16.5.